The zero-order chi connectivity index (χ0) is 10.5. The molecule has 1 saturated carbocycles. The summed E-state index contributed by atoms with van der Waals surface area (Å²) < 4.78 is 74.4. The summed E-state index contributed by atoms with van der Waals surface area (Å²) in [6.07, 6.45) is -2.81. The minimum atomic E-state index is -5.30. The van der Waals surface area contributed by atoms with Crippen molar-refractivity contribution in [1.29, 1.82) is 0 Å². The van der Waals surface area contributed by atoms with Crippen molar-refractivity contribution in [3.8, 4) is 0 Å². The summed E-state index contributed by atoms with van der Waals surface area (Å²) in [4.78, 5) is 0. The molecular weight excluding hydrogens is 200 g/mol. The van der Waals surface area contributed by atoms with E-state index in [-0.39, 0.29) is 0 Å². The predicted octanol–water partition coefficient (Wildman–Crippen LogP) is 2.01. The van der Waals surface area contributed by atoms with Crippen LogP contribution in [0.2, 0.25) is 0 Å². The second-order valence-electron chi connectivity index (χ2n) is 3.15. The number of hydrogen-bond acceptors (Lipinski definition) is 1. The van der Waals surface area contributed by atoms with Gasteiger partial charge >= 0.3 is 17.8 Å². The summed E-state index contributed by atoms with van der Waals surface area (Å²) in [5.74, 6) is -14.8. The number of halogens is 6. The Kier molecular flexibility index (Phi) is 2.06. The van der Waals surface area contributed by atoms with E-state index in [1.807, 2.05) is 0 Å². The van der Waals surface area contributed by atoms with Gasteiger partial charge in [0.15, 0.2) is 0 Å². The lowest BCUT2D eigenvalue weighted by molar-refractivity contribution is -0.330. The van der Waals surface area contributed by atoms with E-state index < -0.39 is 36.7 Å². The van der Waals surface area contributed by atoms with Gasteiger partial charge in [0.25, 0.3) is 0 Å². The maximum atomic E-state index is 12.4. The van der Waals surface area contributed by atoms with Gasteiger partial charge in [0.2, 0.25) is 0 Å². The van der Waals surface area contributed by atoms with E-state index in [1.165, 1.54) is 0 Å². The van der Waals surface area contributed by atoms with Crippen molar-refractivity contribution >= 4 is 0 Å². The van der Waals surface area contributed by atoms with Crippen LogP contribution in [0.15, 0.2) is 0 Å². The fourth-order valence-electron chi connectivity index (χ4n) is 1.25. The first-order valence-electron chi connectivity index (χ1n) is 3.49. The fourth-order valence-corrected chi connectivity index (χ4v) is 1.25. The third-order valence-corrected chi connectivity index (χ3v) is 1.96. The number of alkyl halides is 6. The highest BCUT2D eigenvalue weighted by molar-refractivity contribution is 5.04. The van der Waals surface area contributed by atoms with Gasteiger partial charge in [-0.05, 0) is 0 Å². The Balaban J connectivity index is 3.03. The quantitative estimate of drug-likeness (QED) is 0.604. The van der Waals surface area contributed by atoms with Crippen molar-refractivity contribution in [1.82, 2.24) is 0 Å². The van der Waals surface area contributed by atoms with Gasteiger partial charge in [-0.1, -0.05) is 0 Å². The van der Waals surface area contributed by atoms with Gasteiger partial charge in [0.05, 0.1) is 0 Å². The molecule has 0 saturated heterocycles. The second-order valence-corrected chi connectivity index (χ2v) is 3.15. The number of hydrogen-bond donors (Lipinski definition) is 1. The molecule has 1 rings (SSSR count). The number of rotatable bonds is 0. The Morgan fingerprint density at radius 2 is 1.15 bits per heavy atom. The molecule has 0 aliphatic heterocycles. The van der Waals surface area contributed by atoms with Gasteiger partial charge in [0, 0.05) is 18.9 Å². The van der Waals surface area contributed by atoms with Crippen LogP contribution < -0.4 is 5.73 Å². The van der Waals surface area contributed by atoms with Crippen LogP contribution in [0.4, 0.5) is 26.3 Å². The first kappa shape index (κ1) is 10.6. The van der Waals surface area contributed by atoms with E-state index >= 15 is 0 Å². The van der Waals surface area contributed by atoms with E-state index in [2.05, 4.69) is 0 Å². The highest BCUT2D eigenvalue weighted by Gasteiger charge is 2.74. The summed E-state index contributed by atoms with van der Waals surface area (Å²) in [6, 6.07) is -1.59. The Morgan fingerprint density at radius 1 is 0.846 bits per heavy atom. The molecule has 0 atom stereocenters. The molecule has 1 aliphatic rings. The minimum absolute atomic E-state index is 1.41. The highest BCUT2D eigenvalue weighted by Crippen LogP contribution is 2.53. The van der Waals surface area contributed by atoms with Gasteiger partial charge in [-0.25, -0.2) is 0 Å². The SMILES string of the molecule is NC1CC(F)(F)C(F)(F)C(F)(F)C1. The molecule has 0 spiro atoms. The zero-order valence-corrected chi connectivity index (χ0v) is 6.34. The molecule has 13 heavy (non-hydrogen) atoms. The molecule has 0 bridgehead atoms. The number of nitrogens with two attached hydrogens (primary N) is 1. The smallest absolute Gasteiger partial charge is 0.327 e. The minimum Gasteiger partial charge on any atom is -0.327 e. The molecule has 0 amide bonds. The molecular formula is C6H7F6N. The molecule has 0 radical (unpaired) electrons. The van der Waals surface area contributed by atoms with Crippen LogP contribution in [0.3, 0.4) is 0 Å². The van der Waals surface area contributed by atoms with Crippen molar-refractivity contribution in [3.63, 3.8) is 0 Å². The molecule has 7 heteroatoms. The summed E-state index contributed by atoms with van der Waals surface area (Å²) in [5, 5.41) is 0. The van der Waals surface area contributed by atoms with Gasteiger partial charge in [-0.2, -0.15) is 26.3 Å². The van der Waals surface area contributed by atoms with Crippen LogP contribution >= 0.6 is 0 Å². The van der Waals surface area contributed by atoms with Gasteiger partial charge in [-0.3, -0.25) is 0 Å². The van der Waals surface area contributed by atoms with Crippen LogP contribution in [0, 0.1) is 0 Å². The standard InChI is InChI=1S/C6H7F6N/c7-4(8)1-3(13)2-5(9,10)6(4,11)12/h3H,1-2,13H2. The molecule has 1 fully saturated rings. The summed E-state index contributed by atoms with van der Waals surface area (Å²) in [6.45, 7) is 0. The van der Waals surface area contributed by atoms with Gasteiger partial charge < -0.3 is 5.73 Å². The van der Waals surface area contributed by atoms with Crippen LogP contribution in [-0.4, -0.2) is 23.8 Å². The van der Waals surface area contributed by atoms with Crippen LogP contribution in [0.5, 0.6) is 0 Å². The summed E-state index contributed by atoms with van der Waals surface area (Å²) in [5.41, 5.74) is 4.81. The molecule has 0 heterocycles. The van der Waals surface area contributed by atoms with E-state index in [4.69, 9.17) is 5.73 Å². The summed E-state index contributed by atoms with van der Waals surface area (Å²) in [7, 11) is 0. The second kappa shape index (κ2) is 2.52. The van der Waals surface area contributed by atoms with Crippen molar-refractivity contribution < 1.29 is 26.3 Å². The molecule has 2 N–H and O–H groups in total. The Morgan fingerprint density at radius 3 is 1.46 bits per heavy atom. The molecule has 1 nitrogen and oxygen atoms in total. The van der Waals surface area contributed by atoms with E-state index in [1.54, 1.807) is 0 Å². The van der Waals surface area contributed by atoms with Crippen molar-refractivity contribution in [3.05, 3.63) is 0 Å². The van der Waals surface area contributed by atoms with Crippen LogP contribution in [0.1, 0.15) is 12.8 Å². The summed E-state index contributed by atoms with van der Waals surface area (Å²) >= 11 is 0. The molecule has 0 unspecified atom stereocenters. The average Bonchev–Trinajstić information content (AvgIpc) is 1.80. The van der Waals surface area contributed by atoms with Crippen molar-refractivity contribution in [2.24, 2.45) is 5.73 Å². The molecule has 78 valence electrons. The van der Waals surface area contributed by atoms with Crippen LogP contribution in [-0.2, 0) is 0 Å². The normalized spacial score (nSPS) is 31.6. The van der Waals surface area contributed by atoms with E-state index in [0.29, 0.717) is 0 Å². The highest BCUT2D eigenvalue weighted by atomic mass is 19.3. The Labute approximate surface area is 69.9 Å². The van der Waals surface area contributed by atoms with Crippen molar-refractivity contribution in [2.45, 2.75) is 36.7 Å². The zero-order valence-electron chi connectivity index (χ0n) is 6.34. The molecule has 0 aromatic carbocycles. The predicted molar refractivity (Wildman–Crippen MR) is 32.1 cm³/mol. The first-order valence-corrected chi connectivity index (χ1v) is 3.49. The molecule has 0 aromatic rings. The monoisotopic (exact) mass is 207 g/mol. The average molecular weight is 207 g/mol. The lowest BCUT2D eigenvalue weighted by atomic mass is 9.86. The maximum absolute atomic E-state index is 12.4. The van der Waals surface area contributed by atoms with Gasteiger partial charge in [-0.15, -0.1) is 0 Å². The third kappa shape index (κ3) is 1.38. The molecule has 1 aliphatic carbocycles. The van der Waals surface area contributed by atoms with E-state index in [0.717, 1.165) is 0 Å². The van der Waals surface area contributed by atoms with Crippen LogP contribution in [0.25, 0.3) is 0 Å². The maximum Gasteiger partial charge on any atom is 0.372 e. The largest absolute Gasteiger partial charge is 0.372 e. The van der Waals surface area contributed by atoms with Gasteiger partial charge in [0.1, 0.15) is 0 Å². The van der Waals surface area contributed by atoms with Crippen molar-refractivity contribution in [2.75, 3.05) is 0 Å². The topological polar surface area (TPSA) is 26.0 Å². The lowest BCUT2D eigenvalue weighted by Gasteiger charge is -2.39. The third-order valence-electron chi connectivity index (χ3n) is 1.96. The Bertz CT molecular complexity index is 193. The Hall–Kier alpha value is -0.460. The fraction of sp³-hybridized carbons (Fsp3) is 1.00. The molecule has 0 aromatic heterocycles. The lowest BCUT2D eigenvalue weighted by Crippen LogP contribution is -2.61. The van der Waals surface area contributed by atoms with E-state index in [9.17, 15) is 26.3 Å². The first-order chi connectivity index (χ1) is 5.60.